The van der Waals surface area contributed by atoms with E-state index in [1.807, 2.05) is 17.0 Å². The monoisotopic (exact) mass is 331 g/mol. The first-order valence-electron chi connectivity index (χ1n) is 9.01. The summed E-state index contributed by atoms with van der Waals surface area (Å²) in [7, 11) is 0. The van der Waals surface area contributed by atoms with Gasteiger partial charge in [-0.15, -0.1) is 0 Å². The smallest absolute Gasteiger partial charge is 0.223 e. The highest BCUT2D eigenvalue weighted by Crippen LogP contribution is 2.28. The standard InChI is InChI=1S/C19H29N3O2/c1-3-14(2)11-17(23)13-22(16-7-8-16)19(24)6-4-5-15-9-10-21-18(20)12-15/h9-10,12,14,16H,3-8,11,13H2,1-2H3,(H2,20,21)/t14-/m1/s1. The number of aromatic nitrogens is 1. The number of carbonyl (C=O) groups is 2. The van der Waals surface area contributed by atoms with E-state index in [2.05, 4.69) is 18.8 Å². The molecule has 1 aromatic heterocycles. The number of hydrogen-bond donors (Lipinski definition) is 1. The van der Waals surface area contributed by atoms with Crippen LogP contribution in [0.2, 0.25) is 0 Å². The molecule has 1 atom stereocenters. The third kappa shape index (κ3) is 5.95. The largest absolute Gasteiger partial charge is 0.384 e. The molecule has 1 saturated carbocycles. The Morgan fingerprint density at radius 3 is 2.79 bits per heavy atom. The normalized spacial score (nSPS) is 15.1. The highest BCUT2D eigenvalue weighted by molar-refractivity contribution is 5.86. The number of anilines is 1. The van der Waals surface area contributed by atoms with Crippen LogP contribution in [-0.4, -0.2) is 34.2 Å². The van der Waals surface area contributed by atoms with Crippen LogP contribution < -0.4 is 5.73 Å². The molecular weight excluding hydrogens is 302 g/mol. The Labute approximate surface area is 144 Å². The van der Waals surface area contributed by atoms with Crippen LogP contribution in [-0.2, 0) is 16.0 Å². The molecule has 0 unspecified atom stereocenters. The third-order valence-electron chi connectivity index (χ3n) is 4.63. The predicted octanol–water partition coefficient (Wildman–Crippen LogP) is 2.98. The lowest BCUT2D eigenvalue weighted by Crippen LogP contribution is -2.37. The first-order chi connectivity index (χ1) is 11.5. The molecule has 1 aliphatic rings. The van der Waals surface area contributed by atoms with Gasteiger partial charge < -0.3 is 10.6 Å². The van der Waals surface area contributed by atoms with Crippen LogP contribution >= 0.6 is 0 Å². The van der Waals surface area contributed by atoms with Gasteiger partial charge in [-0.2, -0.15) is 0 Å². The number of nitrogen functional groups attached to an aromatic ring is 1. The first kappa shape index (κ1) is 18.4. The Morgan fingerprint density at radius 1 is 1.42 bits per heavy atom. The first-order valence-corrected chi connectivity index (χ1v) is 9.01. The van der Waals surface area contributed by atoms with Crippen LogP contribution in [0.25, 0.3) is 0 Å². The molecule has 1 aromatic rings. The van der Waals surface area contributed by atoms with Crippen molar-refractivity contribution in [3.8, 4) is 0 Å². The minimum atomic E-state index is 0.108. The minimum Gasteiger partial charge on any atom is -0.384 e. The average Bonchev–Trinajstić information content (AvgIpc) is 3.37. The van der Waals surface area contributed by atoms with Gasteiger partial charge >= 0.3 is 0 Å². The molecule has 1 aliphatic carbocycles. The topological polar surface area (TPSA) is 76.3 Å². The van der Waals surface area contributed by atoms with E-state index in [4.69, 9.17) is 5.73 Å². The second-order valence-corrected chi connectivity index (χ2v) is 6.95. The van der Waals surface area contributed by atoms with Crippen LogP contribution in [0.3, 0.4) is 0 Å². The zero-order chi connectivity index (χ0) is 17.5. The quantitative estimate of drug-likeness (QED) is 0.715. The van der Waals surface area contributed by atoms with E-state index in [0.717, 1.165) is 37.7 Å². The summed E-state index contributed by atoms with van der Waals surface area (Å²) in [5.41, 5.74) is 6.77. The summed E-state index contributed by atoms with van der Waals surface area (Å²) >= 11 is 0. The molecule has 1 fully saturated rings. The van der Waals surface area contributed by atoms with Gasteiger partial charge in [-0.05, 0) is 49.3 Å². The van der Waals surface area contributed by atoms with Crippen molar-refractivity contribution in [2.75, 3.05) is 12.3 Å². The maximum Gasteiger partial charge on any atom is 0.223 e. The Balaban J connectivity index is 1.80. The Morgan fingerprint density at radius 2 is 2.17 bits per heavy atom. The van der Waals surface area contributed by atoms with E-state index in [9.17, 15) is 9.59 Å². The molecule has 0 saturated heterocycles. The SMILES string of the molecule is CC[C@@H](C)CC(=O)CN(C(=O)CCCc1ccnc(N)c1)C1CC1. The molecule has 0 bridgehead atoms. The highest BCUT2D eigenvalue weighted by Gasteiger charge is 2.33. The van der Waals surface area contributed by atoms with E-state index >= 15 is 0 Å². The summed E-state index contributed by atoms with van der Waals surface area (Å²) in [5.74, 6) is 1.20. The summed E-state index contributed by atoms with van der Waals surface area (Å²) in [6, 6.07) is 4.06. The van der Waals surface area contributed by atoms with Crippen LogP contribution in [0, 0.1) is 5.92 Å². The number of nitrogens with zero attached hydrogens (tertiary/aromatic N) is 2. The van der Waals surface area contributed by atoms with Gasteiger partial charge in [-0.1, -0.05) is 20.3 Å². The van der Waals surface area contributed by atoms with Crippen molar-refractivity contribution in [1.29, 1.82) is 0 Å². The Hall–Kier alpha value is -1.91. The van der Waals surface area contributed by atoms with Crippen molar-refractivity contribution in [3.63, 3.8) is 0 Å². The Bertz CT molecular complexity index is 569. The summed E-state index contributed by atoms with van der Waals surface area (Å²) in [5, 5.41) is 0. The molecule has 2 rings (SSSR count). The van der Waals surface area contributed by atoms with E-state index in [-0.39, 0.29) is 24.3 Å². The number of nitrogens with two attached hydrogens (primary N) is 1. The maximum atomic E-state index is 12.5. The van der Waals surface area contributed by atoms with Crippen LogP contribution in [0.4, 0.5) is 5.82 Å². The van der Waals surface area contributed by atoms with Crippen molar-refractivity contribution >= 4 is 17.5 Å². The summed E-state index contributed by atoms with van der Waals surface area (Å²) in [6.07, 6.45) is 7.38. The van der Waals surface area contributed by atoms with E-state index in [0.29, 0.717) is 24.6 Å². The molecule has 0 aliphatic heterocycles. The van der Waals surface area contributed by atoms with E-state index in [1.165, 1.54) is 0 Å². The molecule has 0 spiro atoms. The number of amides is 1. The molecule has 5 nitrogen and oxygen atoms in total. The number of hydrogen-bond acceptors (Lipinski definition) is 4. The molecule has 2 N–H and O–H groups in total. The fraction of sp³-hybridized carbons (Fsp3) is 0.632. The molecule has 5 heteroatoms. The van der Waals surface area contributed by atoms with Crippen molar-refractivity contribution in [1.82, 2.24) is 9.88 Å². The zero-order valence-corrected chi connectivity index (χ0v) is 14.8. The molecule has 0 radical (unpaired) electrons. The van der Waals surface area contributed by atoms with Gasteiger partial charge in [0.2, 0.25) is 5.91 Å². The number of aryl methyl sites for hydroxylation is 1. The van der Waals surface area contributed by atoms with Gasteiger partial charge in [0, 0.05) is 25.1 Å². The lowest BCUT2D eigenvalue weighted by Gasteiger charge is -2.22. The molecule has 1 heterocycles. The van der Waals surface area contributed by atoms with Crippen molar-refractivity contribution in [3.05, 3.63) is 23.9 Å². The van der Waals surface area contributed by atoms with E-state index in [1.54, 1.807) is 6.20 Å². The van der Waals surface area contributed by atoms with Gasteiger partial charge in [0.1, 0.15) is 5.82 Å². The fourth-order valence-electron chi connectivity index (χ4n) is 2.83. The van der Waals surface area contributed by atoms with Crippen LogP contribution in [0.15, 0.2) is 18.3 Å². The molecule has 1 amide bonds. The number of pyridine rings is 1. The molecule has 132 valence electrons. The van der Waals surface area contributed by atoms with Gasteiger partial charge in [-0.3, -0.25) is 9.59 Å². The van der Waals surface area contributed by atoms with Gasteiger partial charge in [0.25, 0.3) is 0 Å². The Kier molecular flexibility index (Phi) is 6.76. The van der Waals surface area contributed by atoms with Crippen LogP contribution in [0.1, 0.15) is 57.9 Å². The fourth-order valence-corrected chi connectivity index (χ4v) is 2.83. The summed E-state index contributed by atoms with van der Waals surface area (Å²) < 4.78 is 0. The summed E-state index contributed by atoms with van der Waals surface area (Å²) in [6.45, 7) is 4.46. The van der Waals surface area contributed by atoms with Crippen molar-refractivity contribution in [2.24, 2.45) is 5.92 Å². The van der Waals surface area contributed by atoms with Crippen molar-refractivity contribution in [2.45, 2.75) is 64.8 Å². The number of rotatable bonds is 10. The lowest BCUT2D eigenvalue weighted by atomic mass is 10.0. The number of ketones is 1. The van der Waals surface area contributed by atoms with Gasteiger partial charge in [0.15, 0.2) is 5.78 Å². The second kappa shape index (κ2) is 8.81. The number of carbonyl (C=O) groups excluding carboxylic acids is 2. The lowest BCUT2D eigenvalue weighted by molar-refractivity contribution is -0.136. The maximum absolute atomic E-state index is 12.5. The molecule has 24 heavy (non-hydrogen) atoms. The zero-order valence-electron chi connectivity index (χ0n) is 14.8. The van der Waals surface area contributed by atoms with Crippen LogP contribution in [0.5, 0.6) is 0 Å². The third-order valence-corrected chi connectivity index (χ3v) is 4.63. The summed E-state index contributed by atoms with van der Waals surface area (Å²) in [4.78, 5) is 30.5. The minimum absolute atomic E-state index is 0.108. The van der Waals surface area contributed by atoms with Gasteiger partial charge in [0.05, 0.1) is 6.54 Å². The second-order valence-electron chi connectivity index (χ2n) is 6.95. The molecular formula is C19H29N3O2. The molecule has 0 aromatic carbocycles. The predicted molar refractivity (Wildman–Crippen MR) is 95.4 cm³/mol. The van der Waals surface area contributed by atoms with Gasteiger partial charge in [-0.25, -0.2) is 4.98 Å². The van der Waals surface area contributed by atoms with E-state index < -0.39 is 0 Å². The van der Waals surface area contributed by atoms with Crippen molar-refractivity contribution < 1.29 is 9.59 Å². The highest BCUT2D eigenvalue weighted by atomic mass is 16.2. The number of Topliss-reactive ketones (excluding diaryl/α,β-unsaturated/α-hetero) is 1. The average molecular weight is 331 g/mol.